The van der Waals surface area contributed by atoms with Crippen molar-refractivity contribution < 1.29 is 8.42 Å². The maximum atomic E-state index is 13.2. The molecule has 0 aliphatic carbocycles. The minimum Gasteiger partial charge on any atom is -0.269 e. The molecule has 2 N–H and O–H groups in total. The van der Waals surface area contributed by atoms with Gasteiger partial charge in [-0.2, -0.15) is 4.31 Å². The van der Waals surface area contributed by atoms with Crippen molar-refractivity contribution in [3.05, 3.63) is 36.7 Å². The van der Waals surface area contributed by atoms with Gasteiger partial charge in [0.2, 0.25) is 10.0 Å². The molecule has 0 radical (unpaired) electrons. The van der Waals surface area contributed by atoms with Gasteiger partial charge in [-0.05, 0) is 31.4 Å². The third-order valence-electron chi connectivity index (χ3n) is 5.92. The fraction of sp³-hybridized carbons (Fsp3) is 0.591. The second kappa shape index (κ2) is 13.6. The van der Waals surface area contributed by atoms with Gasteiger partial charge in [0.25, 0.3) is 0 Å². The number of hydrogen-bond donors (Lipinski definition) is 1. The van der Waals surface area contributed by atoms with Crippen molar-refractivity contribution in [3.63, 3.8) is 0 Å². The van der Waals surface area contributed by atoms with Crippen LogP contribution in [-0.4, -0.2) is 48.4 Å². The van der Waals surface area contributed by atoms with Gasteiger partial charge in [-0.15, -0.1) is 24.8 Å². The summed E-state index contributed by atoms with van der Waals surface area (Å²) in [5.74, 6) is 6.29. The van der Waals surface area contributed by atoms with Gasteiger partial charge in [0.1, 0.15) is 0 Å². The Morgan fingerprint density at radius 3 is 2.45 bits per heavy atom. The summed E-state index contributed by atoms with van der Waals surface area (Å²) >= 11 is 0. The lowest BCUT2D eigenvalue weighted by Gasteiger charge is -2.35. The summed E-state index contributed by atoms with van der Waals surface area (Å²) in [6, 6.07) is 7.40. The molecule has 1 aromatic heterocycles. The molecule has 1 aliphatic rings. The Morgan fingerprint density at radius 1 is 1.06 bits per heavy atom. The molecule has 31 heavy (non-hydrogen) atoms. The zero-order chi connectivity index (χ0) is 20.7. The Bertz CT molecular complexity index is 885. The molecule has 1 aromatic carbocycles. The molecule has 0 spiro atoms. The average Bonchev–Trinajstić information content (AvgIpc) is 2.75. The zero-order valence-corrected chi connectivity index (χ0v) is 20.7. The van der Waals surface area contributed by atoms with E-state index in [2.05, 4.69) is 11.9 Å². The Hall–Kier alpha value is -0.960. The van der Waals surface area contributed by atoms with Crippen LogP contribution in [0.25, 0.3) is 10.8 Å². The first kappa shape index (κ1) is 28.1. The fourth-order valence-electron chi connectivity index (χ4n) is 4.13. The number of sulfonamides is 1. The molecule has 1 aliphatic heterocycles. The summed E-state index contributed by atoms with van der Waals surface area (Å²) in [5.41, 5.74) is 0. The summed E-state index contributed by atoms with van der Waals surface area (Å²) in [6.07, 6.45) is 12.4. The van der Waals surface area contributed by atoms with Crippen molar-refractivity contribution in [3.8, 4) is 0 Å². The van der Waals surface area contributed by atoms with E-state index in [1.807, 2.05) is 11.1 Å². The molecule has 1 fully saturated rings. The van der Waals surface area contributed by atoms with Crippen molar-refractivity contribution in [2.75, 3.05) is 19.6 Å². The van der Waals surface area contributed by atoms with E-state index in [1.54, 1.807) is 34.9 Å². The highest BCUT2D eigenvalue weighted by Gasteiger charge is 2.31. The maximum Gasteiger partial charge on any atom is 0.243 e. The highest BCUT2D eigenvalue weighted by molar-refractivity contribution is 7.89. The molecule has 6 nitrogen and oxygen atoms in total. The van der Waals surface area contributed by atoms with Crippen LogP contribution in [0.5, 0.6) is 0 Å². The van der Waals surface area contributed by atoms with Crippen LogP contribution in [0.1, 0.15) is 58.3 Å². The number of rotatable bonds is 10. The van der Waals surface area contributed by atoms with E-state index in [0.29, 0.717) is 18.0 Å². The molecule has 2 aromatic rings. The van der Waals surface area contributed by atoms with Crippen LogP contribution in [0.2, 0.25) is 0 Å². The predicted molar refractivity (Wildman–Crippen MR) is 132 cm³/mol. The number of piperidine rings is 1. The number of nitrogens with two attached hydrogens (primary N) is 1. The van der Waals surface area contributed by atoms with Crippen LogP contribution >= 0.6 is 24.8 Å². The van der Waals surface area contributed by atoms with E-state index in [9.17, 15) is 8.42 Å². The van der Waals surface area contributed by atoms with Crippen LogP contribution in [0.3, 0.4) is 0 Å². The molecular formula is C22H36Cl2N4O2S. The Balaban J connectivity index is 0.00000240. The Morgan fingerprint density at radius 2 is 1.74 bits per heavy atom. The number of fused-ring (bicyclic) bond motifs is 1. The lowest BCUT2D eigenvalue weighted by molar-refractivity contribution is 0.138. The molecule has 0 unspecified atom stereocenters. The molecule has 0 atom stereocenters. The number of hydrazine groups is 1. The number of benzene rings is 1. The topological polar surface area (TPSA) is 79.5 Å². The van der Waals surface area contributed by atoms with Crippen molar-refractivity contribution in [1.82, 2.24) is 14.3 Å². The summed E-state index contributed by atoms with van der Waals surface area (Å²) in [5, 5.41) is 3.51. The van der Waals surface area contributed by atoms with Gasteiger partial charge in [0.15, 0.2) is 0 Å². The lowest BCUT2D eigenvalue weighted by Crippen LogP contribution is -2.49. The first-order valence-electron chi connectivity index (χ1n) is 10.9. The molecular weight excluding hydrogens is 455 g/mol. The molecule has 176 valence electrons. The predicted octanol–water partition coefficient (Wildman–Crippen LogP) is 4.77. The zero-order valence-electron chi connectivity index (χ0n) is 18.3. The van der Waals surface area contributed by atoms with Gasteiger partial charge < -0.3 is 0 Å². The average molecular weight is 492 g/mol. The number of hydrogen-bond acceptors (Lipinski definition) is 5. The first-order chi connectivity index (χ1) is 14.0. The molecule has 0 bridgehead atoms. The minimum absolute atomic E-state index is 0. The van der Waals surface area contributed by atoms with Crippen LogP contribution in [0.15, 0.2) is 41.6 Å². The smallest absolute Gasteiger partial charge is 0.243 e. The highest BCUT2D eigenvalue weighted by atomic mass is 35.5. The summed E-state index contributed by atoms with van der Waals surface area (Å²) in [6.45, 7) is 4.14. The number of unbranched alkanes of at least 4 members (excludes halogenated alkanes) is 5. The fourth-order valence-corrected chi connectivity index (χ4v) is 5.81. The highest BCUT2D eigenvalue weighted by Crippen LogP contribution is 2.27. The Kier molecular flexibility index (Phi) is 12.3. The number of aromatic nitrogens is 1. The van der Waals surface area contributed by atoms with Crippen molar-refractivity contribution in [2.45, 2.75) is 69.2 Å². The molecule has 0 amide bonds. The van der Waals surface area contributed by atoms with Crippen molar-refractivity contribution in [1.29, 1.82) is 0 Å². The maximum absolute atomic E-state index is 13.2. The van der Waals surface area contributed by atoms with Gasteiger partial charge in [-0.3, -0.25) is 10.8 Å². The number of pyridine rings is 1. The van der Waals surface area contributed by atoms with E-state index in [1.165, 1.54) is 32.1 Å². The second-order valence-corrected chi connectivity index (χ2v) is 9.90. The van der Waals surface area contributed by atoms with E-state index >= 15 is 0 Å². The Labute approximate surface area is 199 Å². The molecule has 0 saturated carbocycles. The normalized spacial score (nSPS) is 15.6. The second-order valence-electron chi connectivity index (χ2n) is 7.99. The van der Waals surface area contributed by atoms with E-state index < -0.39 is 10.0 Å². The van der Waals surface area contributed by atoms with Gasteiger partial charge >= 0.3 is 0 Å². The quantitative estimate of drug-likeness (QED) is 0.294. The standard InChI is InChI=1S/C22H34N4O2S.2ClH/c1-2-3-4-5-6-7-15-26(23)20-12-16-25(17-13-20)29(27,28)22-10-8-9-19-18-24-14-11-21(19)22;;/h8-11,14,18,20H,2-7,12-13,15-17,23H2,1H3;2*1H. The monoisotopic (exact) mass is 490 g/mol. The van der Waals surface area contributed by atoms with Crippen LogP contribution < -0.4 is 5.84 Å². The van der Waals surface area contributed by atoms with Crippen molar-refractivity contribution >= 4 is 45.6 Å². The van der Waals surface area contributed by atoms with Crippen molar-refractivity contribution in [2.24, 2.45) is 5.84 Å². The third-order valence-corrected chi connectivity index (χ3v) is 7.88. The lowest BCUT2D eigenvalue weighted by atomic mass is 10.1. The third kappa shape index (κ3) is 7.27. The largest absolute Gasteiger partial charge is 0.269 e. The number of halogens is 2. The number of nitrogens with zero attached hydrogens (tertiary/aromatic N) is 3. The van der Waals surface area contributed by atoms with Crippen LogP contribution in [0, 0.1) is 0 Å². The SMILES string of the molecule is CCCCCCCCN(N)C1CCN(S(=O)(=O)c2cccc3cnccc23)CC1.Cl.Cl. The van der Waals surface area contributed by atoms with Gasteiger partial charge in [0, 0.05) is 48.8 Å². The van der Waals surface area contributed by atoms with E-state index in [4.69, 9.17) is 5.84 Å². The van der Waals surface area contributed by atoms with Crippen LogP contribution in [-0.2, 0) is 10.0 Å². The van der Waals surface area contributed by atoms with Gasteiger partial charge in [-0.1, -0.05) is 51.2 Å². The molecule has 2 heterocycles. The molecule has 9 heteroatoms. The summed E-state index contributed by atoms with van der Waals surface area (Å²) < 4.78 is 28.1. The van der Waals surface area contributed by atoms with Gasteiger partial charge in [0.05, 0.1) is 4.90 Å². The van der Waals surface area contributed by atoms with E-state index in [-0.39, 0.29) is 30.9 Å². The molecule has 3 rings (SSSR count). The first-order valence-corrected chi connectivity index (χ1v) is 12.3. The minimum atomic E-state index is -3.52. The van der Waals surface area contributed by atoms with Gasteiger partial charge in [-0.25, -0.2) is 13.4 Å². The molecule has 1 saturated heterocycles. The van der Waals surface area contributed by atoms with E-state index in [0.717, 1.165) is 36.6 Å². The summed E-state index contributed by atoms with van der Waals surface area (Å²) in [7, 11) is -3.52. The summed E-state index contributed by atoms with van der Waals surface area (Å²) in [4.78, 5) is 4.46. The van der Waals surface area contributed by atoms with Crippen LogP contribution in [0.4, 0.5) is 0 Å².